The van der Waals surface area contributed by atoms with Crippen molar-refractivity contribution in [1.82, 2.24) is 29.4 Å². The Labute approximate surface area is 378 Å². The number of ketones is 1. The van der Waals surface area contributed by atoms with Gasteiger partial charge in [0, 0.05) is 70.0 Å². The number of aromatic nitrogens is 2. The second-order valence-corrected chi connectivity index (χ2v) is 18.9. The van der Waals surface area contributed by atoms with Gasteiger partial charge < -0.3 is 29.9 Å². The number of fused-ring (bicyclic) bond motifs is 2. The lowest BCUT2D eigenvalue weighted by atomic mass is 9.80. The van der Waals surface area contributed by atoms with Crippen LogP contribution >= 0.6 is 0 Å². The molecule has 2 aromatic carbocycles. The highest BCUT2D eigenvalue weighted by atomic mass is 16.5. The fraction of sp³-hybridized carbons (Fsp3) is 0.600. The number of benzene rings is 2. The van der Waals surface area contributed by atoms with E-state index in [0.717, 1.165) is 90.6 Å². The summed E-state index contributed by atoms with van der Waals surface area (Å²) in [6.07, 6.45) is 10.7. The van der Waals surface area contributed by atoms with Gasteiger partial charge in [0.2, 0.25) is 11.8 Å². The van der Waals surface area contributed by atoms with Crippen LogP contribution in [0.5, 0.6) is 0 Å². The van der Waals surface area contributed by atoms with E-state index in [-0.39, 0.29) is 61.6 Å². The highest BCUT2D eigenvalue weighted by Crippen LogP contribution is 2.33. The fourth-order valence-corrected chi connectivity index (χ4v) is 9.98. The van der Waals surface area contributed by atoms with Crippen molar-refractivity contribution in [2.24, 2.45) is 23.5 Å². The first-order chi connectivity index (χ1) is 30.8. The normalized spacial score (nSPS) is 19.1. The predicted molar refractivity (Wildman–Crippen MR) is 246 cm³/mol. The Bertz CT molecular complexity index is 2160. The number of rotatable bonds is 17. The van der Waals surface area contributed by atoms with Crippen molar-refractivity contribution in [3.8, 4) is 0 Å². The van der Waals surface area contributed by atoms with Gasteiger partial charge >= 0.3 is 11.9 Å². The maximum absolute atomic E-state index is 14.5. The third kappa shape index (κ3) is 11.9. The minimum atomic E-state index is -0.634. The van der Waals surface area contributed by atoms with Gasteiger partial charge in [-0.05, 0) is 130 Å². The summed E-state index contributed by atoms with van der Waals surface area (Å²) in [5, 5.41) is 5.42. The SMILES string of the molecule is Cc1cc(C[C@@H](CC(=O)N2CCC(C3=Cc4ccccc4CC3=O)CC2)C(=O)N2CCN(C3CCN(C)CC3)CC2)cc2cnn(COC(=O)CCCCCOC(=O)[C@@H](N)C(C)C)c12. The number of amides is 2. The topological polar surface area (TPSA) is 161 Å². The molecular formula is C50H69N7O7. The lowest BCUT2D eigenvalue weighted by Crippen LogP contribution is -2.55. The van der Waals surface area contributed by atoms with Gasteiger partial charge in [0.1, 0.15) is 6.04 Å². The standard InChI is InChI=1S/C50H69N7O7/c1-34(2)47(51)50(62)63-25-9-5-6-12-46(60)64-33-57-48-35(3)26-36(28-41(48)32-52-57)27-40(49(61)56-23-21-54(22-24-56)42-15-17-53(4)18-16-42)31-45(59)55-19-13-37(14-20-55)43-29-38-10-7-8-11-39(38)30-44(43)58/h7-8,10-11,26,28-29,32,34,37,40,42,47H,5-6,9,12-25,27,30-31,33,51H2,1-4H3/t40-,47-/m0/s1. The highest BCUT2D eigenvalue weighted by molar-refractivity contribution is 6.04. The molecule has 14 nitrogen and oxygen atoms in total. The maximum atomic E-state index is 14.5. The molecule has 7 rings (SSSR count). The average Bonchev–Trinajstić information content (AvgIpc) is 3.72. The smallest absolute Gasteiger partial charge is 0.323 e. The highest BCUT2D eigenvalue weighted by Gasteiger charge is 2.35. The number of piperazine rings is 1. The molecule has 3 fully saturated rings. The summed E-state index contributed by atoms with van der Waals surface area (Å²) in [4.78, 5) is 75.3. The van der Waals surface area contributed by atoms with E-state index in [0.29, 0.717) is 64.3 Å². The van der Waals surface area contributed by atoms with Crippen molar-refractivity contribution in [3.63, 3.8) is 0 Å². The first kappa shape index (κ1) is 47.1. The first-order valence-corrected chi connectivity index (χ1v) is 23.7. The van der Waals surface area contributed by atoms with Crippen LogP contribution < -0.4 is 5.73 Å². The van der Waals surface area contributed by atoms with Crippen LogP contribution in [-0.2, 0) is 53.0 Å². The molecule has 4 aliphatic rings. The van der Waals surface area contributed by atoms with Gasteiger partial charge in [-0.15, -0.1) is 0 Å². The molecule has 2 atom stereocenters. The Morgan fingerprint density at radius 3 is 2.34 bits per heavy atom. The van der Waals surface area contributed by atoms with Crippen molar-refractivity contribution in [1.29, 1.82) is 0 Å². The van der Waals surface area contributed by atoms with Crippen LogP contribution in [0.1, 0.15) is 93.9 Å². The molecule has 4 heterocycles. The summed E-state index contributed by atoms with van der Waals surface area (Å²) >= 11 is 0. The van der Waals surface area contributed by atoms with Crippen LogP contribution in [0.25, 0.3) is 17.0 Å². The number of piperidine rings is 2. The van der Waals surface area contributed by atoms with E-state index >= 15 is 0 Å². The average molecular weight is 880 g/mol. The molecule has 0 bridgehead atoms. The van der Waals surface area contributed by atoms with Gasteiger partial charge in [-0.1, -0.05) is 44.2 Å². The molecule has 0 radical (unpaired) electrons. The molecule has 0 spiro atoms. The van der Waals surface area contributed by atoms with Gasteiger partial charge in [-0.2, -0.15) is 5.10 Å². The minimum Gasteiger partial charge on any atom is -0.465 e. The third-order valence-electron chi connectivity index (χ3n) is 14.0. The van der Waals surface area contributed by atoms with Crippen molar-refractivity contribution in [3.05, 3.63) is 70.4 Å². The van der Waals surface area contributed by atoms with Crippen molar-refractivity contribution in [2.45, 2.75) is 110 Å². The molecule has 2 N–H and O–H groups in total. The summed E-state index contributed by atoms with van der Waals surface area (Å²) in [5.74, 6) is -0.944. The van der Waals surface area contributed by atoms with Gasteiger partial charge in [0.25, 0.3) is 0 Å². The summed E-state index contributed by atoms with van der Waals surface area (Å²) in [6.45, 7) is 12.3. The van der Waals surface area contributed by atoms with E-state index in [9.17, 15) is 24.0 Å². The molecule has 346 valence electrons. The maximum Gasteiger partial charge on any atom is 0.323 e. The van der Waals surface area contributed by atoms with E-state index in [4.69, 9.17) is 15.2 Å². The predicted octanol–water partition coefficient (Wildman–Crippen LogP) is 5.17. The number of nitrogens with two attached hydrogens (primary N) is 1. The number of nitrogens with zero attached hydrogens (tertiary/aromatic N) is 6. The summed E-state index contributed by atoms with van der Waals surface area (Å²) in [7, 11) is 2.18. The summed E-state index contributed by atoms with van der Waals surface area (Å²) in [5.41, 5.74) is 11.6. The number of unbranched alkanes of at least 4 members (excludes halogenated alkanes) is 2. The van der Waals surface area contributed by atoms with Crippen LogP contribution in [0.3, 0.4) is 0 Å². The van der Waals surface area contributed by atoms with Gasteiger partial charge in [-0.25, -0.2) is 4.68 Å². The minimum absolute atomic E-state index is 0.0101. The lowest BCUT2D eigenvalue weighted by Gasteiger charge is -2.43. The molecule has 1 aromatic heterocycles. The van der Waals surface area contributed by atoms with Crippen LogP contribution in [0.2, 0.25) is 0 Å². The molecule has 14 heteroatoms. The van der Waals surface area contributed by atoms with Gasteiger partial charge in [0.15, 0.2) is 12.5 Å². The van der Waals surface area contributed by atoms with E-state index in [2.05, 4.69) is 40.2 Å². The van der Waals surface area contributed by atoms with Crippen LogP contribution in [0, 0.1) is 24.7 Å². The Morgan fingerprint density at radius 2 is 1.61 bits per heavy atom. The second kappa shape index (κ2) is 21.8. The lowest BCUT2D eigenvalue weighted by molar-refractivity contribution is -0.148. The Kier molecular flexibility index (Phi) is 16.1. The molecule has 3 saturated heterocycles. The zero-order valence-corrected chi connectivity index (χ0v) is 38.5. The number of carbonyl (C=O) groups is 5. The molecule has 3 aromatic rings. The Hall–Kier alpha value is -4.92. The van der Waals surface area contributed by atoms with Gasteiger partial charge in [-0.3, -0.25) is 28.9 Å². The number of hydrogen-bond donors (Lipinski definition) is 1. The zero-order valence-electron chi connectivity index (χ0n) is 38.5. The van der Waals surface area contributed by atoms with E-state index in [1.54, 1.807) is 10.9 Å². The summed E-state index contributed by atoms with van der Waals surface area (Å²) in [6, 6.07) is 12.1. The monoisotopic (exact) mass is 880 g/mol. The summed E-state index contributed by atoms with van der Waals surface area (Å²) < 4.78 is 12.5. The van der Waals surface area contributed by atoms with E-state index in [1.165, 1.54) is 0 Å². The number of Topliss-reactive ketones (excluding diaryl/α,β-unsaturated/α-hetero) is 1. The number of likely N-dealkylation sites (tertiary alicyclic amines) is 2. The Balaban J connectivity index is 0.962. The number of esters is 2. The molecule has 1 aliphatic carbocycles. The largest absolute Gasteiger partial charge is 0.465 e. The molecule has 0 saturated carbocycles. The van der Waals surface area contributed by atoms with E-state index < -0.39 is 17.9 Å². The molecule has 3 aliphatic heterocycles. The zero-order chi connectivity index (χ0) is 45.3. The van der Waals surface area contributed by atoms with Crippen molar-refractivity contribution < 1.29 is 33.4 Å². The van der Waals surface area contributed by atoms with Crippen LogP contribution in [0.15, 0.2) is 48.2 Å². The number of hydrogen-bond acceptors (Lipinski definition) is 11. The third-order valence-corrected chi connectivity index (χ3v) is 14.0. The van der Waals surface area contributed by atoms with Crippen molar-refractivity contribution >= 4 is 46.5 Å². The molecule has 64 heavy (non-hydrogen) atoms. The number of ether oxygens (including phenoxy) is 2. The molecule has 2 amide bonds. The van der Waals surface area contributed by atoms with Crippen LogP contribution in [-0.4, -0.2) is 137 Å². The second-order valence-electron chi connectivity index (χ2n) is 18.9. The molecule has 0 unspecified atom stereocenters. The first-order valence-electron chi connectivity index (χ1n) is 23.7. The quantitative estimate of drug-likeness (QED) is 0.141. The molecular weight excluding hydrogens is 811 g/mol. The number of aryl methyl sites for hydroxylation is 1. The van der Waals surface area contributed by atoms with Crippen LogP contribution in [0.4, 0.5) is 0 Å². The fourth-order valence-electron chi connectivity index (χ4n) is 9.98. The number of allylic oxidation sites excluding steroid dienone is 1. The van der Waals surface area contributed by atoms with E-state index in [1.807, 2.05) is 54.8 Å². The number of carbonyl (C=O) groups excluding carboxylic acids is 5. The Morgan fingerprint density at radius 1 is 0.875 bits per heavy atom. The van der Waals surface area contributed by atoms with Crippen molar-refractivity contribution in [2.75, 3.05) is 66.0 Å². The van der Waals surface area contributed by atoms with Gasteiger partial charge in [0.05, 0.1) is 24.2 Å².